The molecule has 5 heteroatoms. The van der Waals surface area contributed by atoms with E-state index in [9.17, 15) is 0 Å². The van der Waals surface area contributed by atoms with E-state index in [1.807, 2.05) is 60.7 Å². The van der Waals surface area contributed by atoms with E-state index in [0.717, 1.165) is 94.3 Å². The zero-order valence-electron chi connectivity index (χ0n) is 46.6. The number of nitrogens with zero attached hydrogens (tertiary/aromatic N) is 4. The minimum atomic E-state index is 0.607. The van der Waals surface area contributed by atoms with Gasteiger partial charge in [-0.3, -0.25) is 0 Å². The molecule has 0 saturated heterocycles. The Morgan fingerprint density at radius 1 is 0.221 bits per heavy atom. The highest BCUT2D eigenvalue weighted by Gasteiger charge is 2.21. The molecule has 3 aromatic heterocycles. The molecule has 0 atom stereocenters. The normalized spacial score (nSPS) is 11.7. The fourth-order valence-corrected chi connectivity index (χ4v) is 13.1. The smallest absolute Gasteiger partial charge is 0.164 e. The van der Waals surface area contributed by atoms with Gasteiger partial charge in [0.05, 0.1) is 11.0 Å². The van der Waals surface area contributed by atoms with Crippen molar-refractivity contribution in [2.24, 2.45) is 0 Å². The Labute approximate surface area is 496 Å². The Morgan fingerprint density at radius 3 is 1.16 bits per heavy atom. The largest absolute Gasteiger partial charge is 0.456 e. The van der Waals surface area contributed by atoms with E-state index in [1.54, 1.807) is 0 Å². The second-order valence-electron chi connectivity index (χ2n) is 22.3. The van der Waals surface area contributed by atoms with Crippen molar-refractivity contribution in [3.8, 4) is 95.5 Å². The van der Waals surface area contributed by atoms with Gasteiger partial charge in [0.25, 0.3) is 0 Å². The third-order valence-electron chi connectivity index (χ3n) is 17.2. The van der Waals surface area contributed by atoms with Crippen LogP contribution in [0, 0.1) is 0 Å². The fourth-order valence-electron chi connectivity index (χ4n) is 13.1. The number of hydrogen-bond acceptors (Lipinski definition) is 4. The van der Waals surface area contributed by atoms with Crippen LogP contribution in [0.1, 0.15) is 0 Å². The summed E-state index contributed by atoms with van der Waals surface area (Å²) in [6.45, 7) is 0. The SMILES string of the molecule is c1ccc(-c2cc(-c3ccccc3)cc(-n3c4ccc(-c5ccc6c7ccccc7c7ccccc7c6c5)cc4c4cc(-c5ccc6oc7cccc(-c8cccc(-c9nc(-c%10ccccc%10)nc(-c%10ccccc%10)n9)c8)c7c6c5)ccc43)c2)cc1. The Hall–Kier alpha value is -11.5. The van der Waals surface area contributed by atoms with Crippen LogP contribution in [0.25, 0.3) is 172 Å². The van der Waals surface area contributed by atoms with Crippen LogP contribution in [-0.2, 0) is 0 Å². The zero-order chi connectivity index (χ0) is 56.7. The number of hydrogen-bond donors (Lipinski definition) is 0. The lowest BCUT2D eigenvalue weighted by atomic mass is 9.92. The van der Waals surface area contributed by atoms with Crippen molar-refractivity contribution >= 4 is 76.1 Å². The summed E-state index contributed by atoms with van der Waals surface area (Å²) < 4.78 is 9.17. The molecule has 0 N–H and O–H groups in total. The molecule has 0 aliphatic rings. The molecular weight excluding hydrogens is 1040 g/mol. The van der Waals surface area contributed by atoms with Crippen LogP contribution in [0.5, 0.6) is 0 Å². The van der Waals surface area contributed by atoms with Crippen molar-refractivity contribution in [3.05, 3.63) is 303 Å². The molecular formula is C81H50N4O. The van der Waals surface area contributed by atoms with E-state index in [0.29, 0.717) is 17.5 Å². The first-order chi connectivity index (χ1) is 42.6. The van der Waals surface area contributed by atoms with E-state index in [4.69, 9.17) is 19.4 Å². The van der Waals surface area contributed by atoms with Gasteiger partial charge >= 0.3 is 0 Å². The molecule has 0 saturated carbocycles. The van der Waals surface area contributed by atoms with Crippen LogP contribution in [0.15, 0.2) is 308 Å². The van der Waals surface area contributed by atoms with E-state index in [-0.39, 0.29) is 0 Å². The standard InChI is InChI=1S/C81H50N4O/c1-5-19-51(20-6-1)61-44-62(52-21-7-2-8-22-52)46-63(45-61)85-74-40-36-56(55-35-39-69-67-31-14-13-29-65(67)66-30-15-16-32-68(66)70(69)47-55)48-71(74)72-49-57(37-41-75(72)85)58-38-42-76-73(50-58)78-64(33-18-34-77(78)86-76)59-27-17-28-60(43-59)81-83-79(53-23-9-3-10-24-53)82-80(84-81)54-25-11-4-12-26-54/h1-50H. The molecule has 14 aromatic carbocycles. The van der Waals surface area contributed by atoms with Crippen LogP contribution in [0.2, 0.25) is 0 Å². The summed E-state index contributed by atoms with van der Waals surface area (Å²) >= 11 is 0. The highest BCUT2D eigenvalue weighted by atomic mass is 16.3. The Kier molecular flexibility index (Phi) is 11.5. The molecule has 0 aliphatic carbocycles. The van der Waals surface area contributed by atoms with Crippen LogP contribution >= 0.6 is 0 Å². The van der Waals surface area contributed by atoms with Gasteiger partial charge < -0.3 is 8.98 Å². The van der Waals surface area contributed by atoms with Gasteiger partial charge in [0.2, 0.25) is 0 Å². The Balaban J connectivity index is 0.834. The number of rotatable bonds is 9. The molecule has 17 aromatic rings. The molecule has 400 valence electrons. The molecule has 0 fully saturated rings. The lowest BCUT2D eigenvalue weighted by Crippen LogP contribution is -2.00. The van der Waals surface area contributed by atoms with Crippen molar-refractivity contribution in [2.75, 3.05) is 0 Å². The highest BCUT2D eigenvalue weighted by Crippen LogP contribution is 2.44. The molecule has 0 amide bonds. The van der Waals surface area contributed by atoms with E-state index >= 15 is 0 Å². The second-order valence-corrected chi connectivity index (χ2v) is 22.3. The van der Waals surface area contributed by atoms with Gasteiger partial charge in [-0.2, -0.15) is 0 Å². The molecule has 3 heterocycles. The van der Waals surface area contributed by atoms with Gasteiger partial charge in [0.15, 0.2) is 17.5 Å². The number of aromatic nitrogens is 4. The van der Waals surface area contributed by atoms with Crippen LogP contribution in [0.3, 0.4) is 0 Å². The lowest BCUT2D eigenvalue weighted by molar-refractivity contribution is 0.669. The predicted octanol–water partition coefficient (Wildman–Crippen LogP) is 21.7. The maximum atomic E-state index is 6.70. The minimum Gasteiger partial charge on any atom is -0.456 e. The molecule has 86 heavy (non-hydrogen) atoms. The quantitative estimate of drug-likeness (QED) is 0.135. The minimum absolute atomic E-state index is 0.607. The van der Waals surface area contributed by atoms with Gasteiger partial charge in [-0.25, -0.2) is 15.0 Å². The third-order valence-corrected chi connectivity index (χ3v) is 17.2. The predicted molar refractivity (Wildman–Crippen MR) is 357 cm³/mol. The first-order valence-electron chi connectivity index (χ1n) is 29.2. The number of fused-ring (bicyclic) bond motifs is 12. The molecule has 0 bridgehead atoms. The average Bonchev–Trinajstić information content (AvgIpc) is 1.96. The molecule has 5 nitrogen and oxygen atoms in total. The van der Waals surface area contributed by atoms with Gasteiger partial charge in [-0.15, -0.1) is 0 Å². The summed E-state index contributed by atoms with van der Waals surface area (Å²) in [5.74, 6) is 1.86. The maximum absolute atomic E-state index is 6.70. The lowest BCUT2D eigenvalue weighted by Gasteiger charge is -2.14. The van der Waals surface area contributed by atoms with Crippen molar-refractivity contribution in [1.29, 1.82) is 0 Å². The summed E-state index contributed by atoms with van der Waals surface area (Å²) in [4.78, 5) is 15.1. The van der Waals surface area contributed by atoms with E-state index in [1.165, 1.54) is 59.8 Å². The van der Waals surface area contributed by atoms with Crippen LogP contribution < -0.4 is 0 Å². The second kappa shape index (κ2) is 20.1. The van der Waals surface area contributed by atoms with Crippen LogP contribution in [-0.4, -0.2) is 19.5 Å². The van der Waals surface area contributed by atoms with Gasteiger partial charge in [-0.05, 0) is 161 Å². The van der Waals surface area contributed by atoms with Crippen molar-refractivity contribution in [2.45, 2.75) is 0 Å². The summed E-state index contributed by atoms with van der Waals surface area (Å²) in [7, 11) is 0. The first kappa shape index (κ1) is 49.1. The average molecular weight is 1100 g/mol. The fraction of sp³-hybridized carbons (Fsp3) is 0. The molecule has 0 aliphatic heterocycles. The number of benzene rings is 14. The number of furan rings is 1. The summed E-state index contributed by atoms with van der Waals surface area (Å²) in [6.07, 6.45) is 0. The summed E-state index contributed by atoms with van der Waals surface area (Å²) in [6, 6.07) is 109. The van der Waals surface area contributed by atoms with Crippen molar-refractivity contribution < 1.29 is 4.42 Å². The van der Waals surface area contributed by atoms with Crippen molar-refractivity contribution in [3.63, 3.8) is 0 Å². The third kappa shape index (κ3) is 8.36. The highest BCUT2D eigenvalue weighted by molar-refractivity contribution is 6.26. The zero-order valence-corrected chi connectivity index (χ0v) is 46.6. The molecule has 17 rings (SSSR count). The van der Waals surface area contributed by atoms with Crippen molar-refractivity contribution in [1.82, 2.24) is 19.5 Å². The molecule has 0 spiro atoms. The first-order valence-corrected chi connectivity index (χ1v) is 29.2. The van der Waals surface area contributed by atoms with Gasteiger partial charge in [0.1, 0.15) is 11.2 Å². The van der Waals surface area contributed by atoms with E-state index in [2.05, 4.69) is 247 Å². The summed E-state index contributed by atoms with van der Waals surface area (Å²) in [5, 5.41) is 12.0. The summed E-state index contributed by atoms with van der Waals surface area (Å²) in [5.41, 5.74) is 19.1. The Bertz CT molecular complexity index is 5370. The molecule has 0 unspecified atom stereocenters. The monoisotopic (exact) mass is 1090 g/mol. The van der Waals surface area contributed by atoms with Crippen LogP contribution in [0.4, 0.5) is 0 Å². The molecule has 0 radical (unpaired) electrons. The maximum Gasteiger partial charge on any atom is 0.164 e. The Morgan fingerprint density at radius 2 is 0.616 bits per heavy atom. The van der Waals surface area contributed by atoms with E-state index < -0.39 is 0 Å². The topological polar surface area (TPSA) is 56.7 Å². The van der Waals surface area contributed by atoms with Gasteiger partial charge in [0, 0.05) is 43.9 Å². The van der Waals surface area contributed by atoms with Gasteiger partial charge in [-0.1, -0.05) is 231 Å².